The van der Waals surface area contributed by atoms with Crippen molar-refractivity contribution in [1.82, 2.24) is 0 Å². The SMILES string of the molecule is NC(Cc1ccc(F)c(Br)c1)C1CCCS1. The maximum absolute atomic E-state index is 13.1. The maximum Gasteiger partial charge on any atom is 0.137 e. The predicted octanol–water partition coefficient (Wildman–Crippen LogP) is 3.35. The molecule has 0 amide bonds. The van der Waals surface area contributed by atoms with Crippen LogP contribution in [-0.4, -0.2) is 17.0 Å². The zero-order valence-corrected chi connectivity index (χ0v) is 11.4. The molecule has 88 valence electrons. The predicted molar refractivity (Wildman–Crippen MR) is 71.3 cm³/mol. The molecular weight excluding hydrogens is 289 g/mol. The molecule has 4 heteroatoms. The van der Waals surface area contributed by atoms with Gasteiger partial charge < -0.3 is 5.73 Å². The van der Waals surface area contributed by atoms with Crippen LogP contribution >= 0.6 is 27.7 Å². The van der Waals surface area contributed by atoms with Crippen molar-refractivity contribution < 1.29 is 4.39 Å². The van der Waals surface area contributed by atoms with Gasteiger partial charge in [0.15, 0.2) is 0 Å². The van der Waals surface area contributed by atoms with Crippen molar-refractivity contribution in [2.75, 3.05) is 5.75 Å². The zero-order valence-electron chi connectivity index (χ0n) is 8.96. The fourth-order valence-electron chi connectivity index (χ4n) is 2.01. The van der Waals surface area contributed by atoms with Gasteiger partial charge in [0.1, 0.15) is 5.82 Å². The summed E-state index contributed by atoms with van der Waals surface area (Å²) >= 11 is 5.16. The molecule has 2 rings (SSSR count). The van der Waals surface area contributed by atoms with Crippen molar-refractivity contribution in [3.63, 3.8) is 0 Å². The van der Waals surface area contributed by atoms with E-state index in [0.29, 0.717) is 9.72 Å². The molecule has 1 aliphatic rings. The Morgan fingerprint density at radius 1 is 1.56 bits per heavy atom. The lowest BCUT2D eigenvalue weighted by Crippen LogP contribution is -2.33. The summed E-state index contributed by atoms with van der Waals surface area (Å²) < 4.78 is 13.6. The highest BCUT2D eigenvalue weighted by atomic mass is 79.9. The largest absolute Gasteiger partial charge is 0.326 e. The van der Waals surface area contributed by atoms with Gasteiger partial charge >= 0.3 is 0 Å². The third-order valence-corrected chi connectivity index (χ3v) is 5.04. The topological polar surface area (TPSA) is 26.0 Å². The molecule has 2 N–H and O–H groups in total. The van der Waals surface area contributed by atoms with Crippen molar-refractivity contribution in [3.8, 4) is 0 Å². The third kappa shape index (κ3) is 2.99. The molecule has 1 fully saturated rings. The Balaban J connectivity index is 1.99. The first-order valence-electron chi connectivity index (χ1n) is 5.48. The molecule has 1 aromatic rings. The minimum atomic E-state index is -0.215. The van der Waals surface area contributed by atoms with Crippen molar-refractivity contribution >= 4 is 27.7 Å². The van der Waals surface area contributed by atoms with E-state index in [1.54, 1.807) is 0 Å². The monoisotopic (exact) mass is 303 g/mol. The number of thioether (sulfide) groups is 1. The highest BCUT2D eigenvalue weighted by Crippen LogP contribution is 2.29. The van der Waals surface area contributed by atoms with E-state index in [-0.39, 0.29) is 11.9 Å². The average Bonchev–Trinajstić information content (AvgIpc) is 2.77. The van der Waals surface area contributed by atoms with Crippen LogP contribution < -0.4 is 5.73 Å². The van der Waals surface area contributed by atoms with Crippen LogP contribution in [-0.2, 0) is 6.42 Å². The quantitative estimate of drug-likeness (QED) is 0.927. The van der Waals surface area contributed by atoms with E-state index in [1.165, 1.54) is 24.7 Å². The van der Waals surface area contributed by atoms with Gasteiger partial charge in [-0.3, -0.25) is 0 Å². The van der Waals surface area contributed by atoms with Crippen LogP contribution in [0.15, 0.2) is 22.7 Å². The summed E-state index contributed by atoms with van der Waals surface area (Å²) in [5.74, 6) is 1.01. The summed E-state index contributed by atoms with van der Waals surface area (Å²) in [4.78, 5) is 0. The van der Waals surface area contributed by atoms with Gasteiger partial charge in [0.25, 0.3) is 0 Å². The normalized spacial score (nSPS) is 22.3. The van der Waals surface area contributed by atoms with Gasteiger partial charge in [0.05, 0.1) is 4.47 Å². The van der Waals surface area contributed by atoms with Crippen molar-refractivity contribution in [2.45, 2.75) is 30.6 Å². The Morgan fingerprint density at radius 2 is 2.38 bits per heavy atom. The van der Waals surface area contributed by atoms with Gasteiger partial charge in [-0.05, 0) is 58.6 Å². The van der Waals surface area contributed by atoms with Crippen LogP contribution in [0, 0.1) is 5.82 Å². The molecule has 2 atom stereocenters. The number of halogens is 2. The molecule has 16 heavy (non-hydrogen) atoms. The molecule has 1 saturated heterocycles. The second-order valence-corrected chi connectivity index (χ2v) is 6.37. The number of hydrogen-bond acceptors (Lipinski definition) is 2. The van der Waals surface area contributed by atoms with Crippen molar-refractivity contribution in [3.05, 3.63) is 34.1 Å². The highest BCUT2D eigenvalue weighted by molar-refractivity contribution is 9.10. The van der Waals surface area contributed by atoms with Crippen LogP contribution in [0.3, 0.4) is 0 Å². The van der Waals surface area contributed by atoms with Crippen LogP contribution in [0.5, 0.6) is 0 Å². The van der Waals surface area contributed by atoms with E-state index in [1.807, 2.05) is 23.9 Å². The van der Waals surface area contributed by atoms with Crippen LogP contribution in [0.25, 0.3) is 0 Å². The standard InChI is InChI=1S/C12H15BrFNS/c13-9-6-8(3-4-10(9)14)7-11(15)12-2-1-5-16-12/h3-4,6,11-12H,1-2,5,7,15H2. The molecule has 1 aliphatic heterocycles. The van der Waals surface area contributed by atoms with Crippen LogP contribution in [0.2, 0.25) is 0 Å². The summed E-state index contributed by atoms with van der Waals surface area (Å²) in [6.45, 7) is 0. The van der Waals surface area contributed by atoms with Gasteiger partial charge in [-0.15, -0.1) is 0 Å². The van der Waals surface area contributed by atoms with Crippen LogP contribution in [0.4, 0.5) is 4.39 Å². The lowest BCUT2D eigenvalue weighted by atomic mass is 10.0. The smallest absolute Gasteiger partial charge is 0.137 e. The van der Waals surface area contributed by atoms with E-state index >= 15 is 0 Å². The Hall–Kier alpha value is -0.0600. The third-order valence-electron chi connectivity index (χ3n) is 2.90. The maximum atomic E-state index is 13.1. The molecule has 1 heterocycles. The van der Waals surface area contributed by atoms with Gasteiger partial charge in [0.2, 0.25) is 0 Å². The number of nitrogens with two attached hydrogens (primary N) is 1. The fraction of sp³-hybridized carbons (Fsp3) is 0.500. The van der Waals surface area contributed by atoms with Gasteiger partial charge in [-0.2, -0.15) is 11.8 Å². The van der Waals surface area contributed by atoms with E-state index in [4.69, 9.17) is 5.73 Å². The molecule has 0 spiro atoms. The molecule has 0 aromatic heterocycles. The summed E-state index contributed by atoms with van der Waals surface area (Å²) in [7, 11) is 0. The van der Waals surface area contributed by atoms with E-state index in [9.17, 15) is 4.39 Å². The molecule has 0 radical (unpaired) electrons. The molecule has 0 aliphatic carbocycles. The van der Waals surface area contributed by atoms with Gasteiger partial charge in [-0.25, -0.2) is 4.39 Å². The first-order chi connectivity index (χ1) is 7.66. The number of hydrogen-bond donors (Lipinski definition) is 1. The number of benzene rings is 1. The average molecular weight is 304 g/mol. The van der Waals surface area contributed by atoms with Crippen molar-refractivity contribution in [2.24, 2.45) is 5.73 Å². The molecule has 1 nitrogen and oxygen atoms in total. The van der Waals surface area contributed by atoms with E-state index in [0.717, 1.165) is 12.0 Å². The Morgan fingerprint density at radius 3 is 3.00 bits per heavy atom. The molecular formula is C12H15BrFNS. The Kier molecular flexibility index (Phi) is 4.27. The summed E-state index contributed by atoms with van der Waals surface area (Å²) in [5.41, 5.74) is 7.27. The highest BCUT2D eigenvalue weighted by Gasteiger charge is 2.22. The van der Waals surface area contributed by atoms with Crippen LogP contribution in [0.1, 0.15) is 18.4 Å². The minimum Gasteiger partial charge on any atom is -0.326 e. The van der Waals surface area contributed by atoms with E-state index < -0.39 is 0 Å². The summed E-state index contributed by atoms with van der Waals surface area (Å²) in [6, 6.07) is 5.33. The fourth-order valence-corrected chi connectivity index (χ4v) is 3.75. The summed E-state index contributed by atoms with van der Waals surface area (Å²) in [5, 5.41) is 0.573. The first-order valence-corrected chi connectivity index (χ1v) is 7.32. The van der Waals surface area contributed by atoms with Crippen molar-refractivity contribution in [1.29, 1.82) is 0 Å². The second kappa shape index (κ2) is 5.52. The minimum absolute atomic E-state index is 0.185. The lowest BCUT2D eigenvalue weighted by Gasteiger charge is -2.18. The number of rotatable bonds is 3. The Labute approximate surface area is 108 Å². The molecule has 1 aromatic carbocycles. The first kappa shape index (κ1) is 12.4. The van der Waals surface area contributed by atoms with Gasteiger partial charge in [0, 0.05) is 11.3 Å². The lowest BCUT2D eigenvalue weighted by molar-refractivity contribution is 0.602. The molecule has 0 saturated carbocycles. The van der Waals surface area contributed by atoms with Gasteiger partial charge in [-0.1, -0.05) is 6.07 Å². The molecule has 0 bridgehead atoms. The molecule has 2 unspecified atom stereocenters. The summed E-state index contributed by atoms with van der Waals surface area (Å²) in [6.07, 6.45) is 3.32. The van der Waals surface area contributed by atoms with E-state index in [2.05, 4.69) is 15.9 Å². The Bertz CT molecular complexity index is 366. The zero-order chi connectivity index (χ0) is 11.5. The second-order valence-electron chi connectivity index (χ2n) is 4.17.